The van der Waals surface area contributed by atoms with Crippen molar-refractivity contribution in [2.75, 3.05) is 46.5 Å². The summed E-state index contributed by atoms with van der Waals surface area (Å²) in [7, 11) is 2.26. The summed E-state index contributed by atoms with van der Waals surface area (Å²) in [4.78, 5) is 0. The van der Waals surface area contributed by atoms with Gasteiger partial charge in [-0.2, -0.15) is 0 Å². The third kappa shape index (κ3) is 6.02. The number of quaternary nitrogens is 1. The van der Waals surface area contributed by atoms with Gasteiger partial charge < -0.3 is 14.3 Å². The molecule has 0 fully saturated rings. The highest BCUT2D eigenvalue weighted by Gasteiger charge is 2.16. The predicted octanol–water partition coefficient (Wildman–Crippen LogP) is 0.872. The Labute approximate surface area is 81.9 Å². The maximum Gasteiger partial charge on any atom is 0.102 e. The summed E-state index contributed by atoms with van der Waals surface area (Å²) in [5, 5.41) is 8.53. The lowest BCUT2D eigenvalue weighted by molar-refractivity contribution is -0.908. The van der Waals surface area contributed by atoms with Crippen molar-refractivity contribution in [2.24, 2.45) is 0 Å². The molecule has 0 aliphatic rings. The molecule has 0 amide bonds. The molecule has 0 heterocycles. The van der Waals surface area contributed by atoms with Crippen molar-refractivity contribution < 1.29 is 14.3 Å². The van der Waals surface area contributed by atoms with Gasteiger partial charge in [-0.25, -0.2) is 0 Å². The quantitative estimate of drug-likeness (QED) is 0.454. The van der Waals surface area contributed by atoms with Crippen LogP contribution in [0, 0.1) is 0 Å². The Morgan fingerprint density at radius 1 is 1.15 bits per heavy atom. The largest absolute Gasteiger partial charge is 0.394 e. The van der Waals surface area contributed by atoms with Gasteiger partial charge in [0.1, 0.15) is 6.54 Å². The van der Waals surface area contributed by atoms with Crippen LogP contribution in [0.15, 0.2) is 0 Å². The molecule has 0 rings (SSSR count). The van der Waals surface area contributed by atoms with Crippen molar-refractivity contribution in [3.63, 3.8) is 0 Å². The molecule has 13 heavy (non-hydrogen) atoms. The van der Waals surface area contributed by atoms with Crippen molar-refractivity contribution >= 4 is 0 Å². The molecule has 80 valence electrons. The Bertz CT molecular complexity index is 119. The van der Waals surface area contributed by atoms with E-state index in [0.29, 0.717) is 6.61 Å². The first-order valence-corrected chi connectivity index (χ1v) is 5.20. The van der Waals surface area contributed by atoms with Crippen molar-refractivity contribution in [1.29, 1.82) is 0 Å². The molecule has 0 aromatic rings. The lowest BCUT2D eigenvalue weighted by atomic mass is 10.3. The highest BCUT2D eigenvalue weighted by atomic mass is 16.5. The van der Waals surface area contributed by atoms with Gasteiger partial charge in [-0.1, -0.05) is 6.92 Å². The summed E-state index contributed by atoms with van der Waals surface area (Å²) >= 11 is 0. The summed E-state index contributed by atoms with van der Waals surface area (Å²) in [6, 6.07) is 0. The van der Waals surface area contributed by atoms with Crippen molar-refractivity contribution in [3.8, 4) is 0 Å². The van der Waals surface area contributed by atoms with E-state index in [-0.39, 0.29) is 6.61 Å². The van der Waals surface area contributed by atoms with Crippen LogP contribution in [0.5, 0.6) is 0 Å². The molecule has 0 spiro atoms. The Morgan fingerprint density at radius 2 is 1.85 bits per heavy atom. The Balaban J connectivity index is 3.57. The van der Waals surface area contributed by atoms with E-state index in [0.717, 1.165) is 24.2 Å². The van der Waals surface area contributed by atoms with Crippen LogP contribution in [0.1, 0.15) is 20.3 Å². The van der Waals surface area contributed by atoms with Crippen molar-refractivity contribution in [3.05, 3.63) is 0 Å². The second-order valence-electron chi connectivity index (χ2n) is 3.72. The van der Waals surface area contributed by atoms with Crippen LogP contribution in [-0.2, 0) is 4.74 Å². The maximum atomic E-state index is 8.53. The number of aliphatic hydroxyl groups excluding tert-OH is 1. The second kappa shape index (κ2) is 7.30. The zero-order valence-corrected chi connectivity index (χ0v) is 9.25. The van der Waals surface area contributed by atoms with Crippen LogP contribution in [-0.4, -0.2) is 56.1 Å². The average Bonchev–Trinajstić information content (AvgIpc) is 2.13. The minimum Gasteiger partial charge on any atom is -0.394 e. The molecule has 0 bridgehead atoms. The van der Waals surface area contributed by atoms with Gasteiger partial charge in [-0.05, 0) is 13.3 Å². The number of likely N-dealkylation sites (N-methyl/N-ethyl adjacent to an activating group) is 1. The van der Waals surface area contributed by atoms with Crippen molar-refractivity contribution in [1.82, 2.24) is 0 Å². The summed E-state index contributed by atoms with van der Waals surface area (Å²) < 4.78 is 6.33. The van der Waals surface area contributed by atoms with Gasteiger partial charge >= 0.3 is 0 Å². The number of hydrogen-bond acceptors (Lipinski definition) is 2. The topological polar surface area (TPSA) is 29.5 Å². The molecule has 0 aromatic carbocycles. The molecule has 0 saturated carbocycles. The van der Waals surface area contributed by atoms with Crippen molar-refractivity contribution in [2.45, 2.75) is 20.3 Å². The van der Waals surface area contributed by atoms with Gasteiger partial charge in [0.25, 0.3) is 0 Å². The molecule has 0 radical (unpaired) electrons. The van der Waals surface area contributed by atoms with Gasteiger partial charge in [-0.3, -0.25) is 0 Å². The maximum absolute atomic E-state index is 8.53. The fourth-order valence-electron chi connectivity index (χ4n) is 1.42. The molecule has 1 unspecified atom stereocenters. The van der Waals surface area contributed by atoms with E-state index < -0.39 is 0 Å². The normalized spacial score (nSPS) is 15.7. The summed E-state index contributed by atoms with van der Waals surface area (Å²) in [6.45, 7) is 9.17. The summed E-state index contributed by atoms with van der Waals surface area (Å²) in [6.07, 6.45) is 1.21. The molecule has 0 aromatic heterocycles. The van der Waals surface area contributed by atoms with Gasteiger partial charge in [0, 0.05) is 0 Å². The highest BCUT2D eigenvalue weighted by Crippen LogP contribution is 2.02. The van der Waals surface area contributed by atoms with Crippen LogP contribution in [0.3, 0.4) is 0 Å². The van der Waals surface area contributed by atoms with E-state index in [2.05, 4.69) is 20.9 Å². The number of ether oxygens (including phenoxy) is 1. The van der Waals surface area contributed by atoms with Gasteiger partial charge in [0.2, 0.25) is 0 Å². The van der Waals surface area contributed by atoms with Crippen LogP contribution >= 0.6 is 0 Å². The Hall–Kier alpha value is -0.120. The smallest absolute Gasteiger partial charge is 0.102 e. The molecular formula is C10H24NO2+. The average molecular weight is 190 g/mol. The fourth-order valence-corrected chi connectivity index (χ4v) is 1.42. The monoisotopic (exact) mass is 190 g/mol. The fraction of sp³-hybridized carbons (Fsp3) is 1.00. The third-order valence-corrected chi connectivity index (χ3v) is 2.54. The van der Waals surface area contributed by atoms with Crippen LogP contribution in [0.25, 0.3) is 0 Å². The Morgan fingerprint density at radius 3 is 2.31 bits per heavy atom. The van der Waals surface area contributed by atoms with Gasteiger partial charge in [0.05, 0.1) is 40.0 Å². The van der Waals surface area contributed by atoms with E-state index in [1.165, 1.54) is 13.0 Å². The first-order valence-electron chi connectivity index (χ1n) is 5.20. The molecule has 0 saturated heterocycles. The third-order valence-electron chi connectivity index (χ3n) is 2.54. The highest BCUT2D eigenvalue weighted by molar-refractivity contribution is 4.37. The van der Waals surface area contributed by atoms with Gasteiger partial charge in [-0.15, -0.1) is 0 Å². The number of aliphatic hydroxyl groups is 1. The standard InChI is InChI=1S/C10H24NO2/c1-4-6-11(3,5-2)7-9-13-10-8-12/h12H,4-10H2,1-3H3/q+1. The molecular weight excluding hydrogens is 166 g/mol. The molecule has 0 aliphatic heterocycles. The lowest BCUT2D eigenvalue weighted by Crippen LogP contribution is -2.46. The zero-order valence-electron chi connectivity index (χ0n) is 9.25. The van der Waals surface area contributed by atoms with Crippen LogP contribution in [0.2, 0.25) is 0 Å². The minimum absolute atomic E-state index is 0.129. The molecule has 1 N–H and O–H groups in total. The lowest BCUT2D eigenvalue weighted by Gasteiger charge is -2.32. The summed E-state index contributed by atoms with van der Waals surface area (Å²) in [5.74, 6) is 0. The SMILES string of the molecule is CCC[N+](C)(CC)CCOCCO. The van der Waals surface area contributed by atoms with E-state index in [1.807, 2.05) is 0 Å². The van der Waals surface area contributed by atoms with Gasteiger partial charge in [0.15, 0.2) is 0 Å². The molecule has 0 aliphatic carbocycles. The minimum atomic E-state index is 0.129. The number of rotatable bonds is 8. The van der Waals surface area contributed by atoms with E-state index in [9.17, 15) is 0 Å². The molecule has 3 heteroatoms. The Kier molecular flexibility index (Phi) is 7.23. The first-order chi connectivity index (χ1) is 6.18. The first kappa shape index (κ1) is 12.9. The zero-order chi connectivity index (χ0) is 10.2. The van der Waals surface area contributed by atoms with E-state index in [1.54, 1.807) is 0 Å². The van der Waals surface area contributed by atoms with E-state index >= 15 is 0 Å². The summed E-state index contributed by atoms with van der Waals surface area (Å²) in [5.41, 5.74) is 0. The van der Waals surface area contributed by atoms with Crippen LogP contribution < -0.4 is 0 Å². The number of hydrogen-bond donors (Lipinski definition) is 1. The molecule has 3 nitrogen and oxygen atoms in total. The second-order valence-corrected chi connectivity index (χ2v) is 3.72. The van der Waals surface area contributed by atoms with E-state index in [4.69, 9.17) is 9.84 Å². The number of nitrogens with zero attached hydrogens (tertiary/aromatic N) is 1. The predicted molar refractivity (Wildman–Crippen MR) is 54.7 cm³/mol. The molecule has 1 atom stereocenters. The van der Waals surface area contributed by atoms with Crippen LogP contribution in [0.4, 0.5) is 0 Å².